The summed E-state index contributed by atoms with van der Waals surface area (Å²) in [5, 5.41) is 16.4. The Balaban J connectivity index is 5.29. The Morgan fingerprint density at radius 2 is 1.41 bits per heavy atom. The molecule has 0 fully saturated rings. The van der Waals surface area contributed by atoms with Crippen LogP contribution < -0.4 is 21.7 Å². The topological polar surface area (TPSA) is 151 Å². The monoisotopic (exact) mass is 414 g/mol. The number of hydrogen-bond acceptors (Lipinski definition) is 5. The number of amides is 3. The van der Waals surface area contributed by atoms with Crippen molar-refractivity contribution in [2.24, 2.45) is 23.5 Å². The zero-order valence-corrected chi connectivity index (χ0v) is 18.5. The molecule has 0 aromatic carbocycles. The highest BCUT2D eigenvalue weighted by Crippen LogP contribution is 2.11. The molecule has 0 bridgehead atoms. The van der Waals surface area contributed by atoms with Crippen molar-refractivity contribution in [3.05, 3.63) is 0 Å². The summed E-state index contributed by atoms with van der Waals surface area (Å²) in [7, 11) is 0. The molecule has 0 saturated heterocycles. The predicted molar refractivity (Wildman–Crippen MR) is 111 cm³/mol. The van der Waals surface area contributed by atoms with Gasteiger partial charge >= 0.3 is 5.97 Å². The van der Waals surface area contributed by atoms with Crippen LogP contribution in [-0.2, 0) is 19.2 Å². The van der Waals surface area contributed by atoms with Gasteiger partial charge in [0.25, 0.3) is 0 Å². The average molecular weight is 415 g/mol. The number of carboxylic acids is 1. The maximum Gasteiger partial charge on any atom is 0.322 e. The van der Waals surface area contributed by atoms with Crippen molar-refractivity contribution in [3.63, 3.8) is 0 Å². The molecular weight excluding hydrogens is 376 g/mol. The lowest BCUT2D eigenvalue weighted by atomic mass is 9.96. The van der Waals surface area contributed by atoms with Gasteiger partial charge in [-0.25, -0.2) is 0 Å². The summed E-state index contributed by atoms with van der Waals surface area (Å²) < 4.78 is 0. The van der Waals surface area contributed by atoms with E-state index in [1.54, 1.807) is 6.92 Å². The number of carboxylic acid groups (broad SMARTS) is 1. The van der Waals surface area contributed by atoms with Gasteiger partial charge in [-0.1, -0.05) is 48.0 Å². The summed E-state index contributed by atoms with van der Waals surface area (Å²) in [6.07, 6.45) is 1.48. The number of nitrogens with two attached hydrogens (primary N) is 1. The Labute approximate surface area is 173 Å². The third kappa shape index (κ3) is 10.8. The van der Waals surface area contributed by atoms with Crippen molar-refractivity contribution in [1.82, 2.24) is 16.0 Å². The first-order valence-electron chi connectivity index (χ1n) is 10.2. The van der Waals surface area contributed by atoms with Crippen LogP contribution >= 0.6 is 0 Å². The molecule has 6 N–H and O–H groups in total. The fourth-order valence-corrected chi connectivity index (χ4v) is 2.83. The minimum Gasteiger partial charge on any atom is -0.480 e. The van der Waals surface area contributed by atoms with Gasteiger partial charge in [0.15, 0.2) is 0 Å². The largest absolute Gasteiger partial charge is 0.480 e. The molecule has 9 nitrogen and oxygen atoms in total. The molecule has 29 heavy (non-hydrogen) atoms. The maximum absolute atomic E-state index is 12.9. The van der Waals surface area contributed by atoms with Crippen LogP contribution in [0.1, 0.15) is 60.8 Å². The predicted octanol–water partition coefficient (Wildman–Crippen LogP) is 0.622. The van der Waals surface area contributed by atoms with Crippen molar-refractivity contribution in [2.45, 2.75) is 78.9 Å². The molecule has 0 rings (SSSR count). The number of rotatable bonds is 13. The Morgan fingerprint density at radius 1 is 0.862 bits per heavy atom. The molecule has 168 valence electrons. The summed E-state index contributed by atoms with van der Waals surface area (Å²) in [5.41, 5.74) is 5.92. The van der Waals surface area contributed by atoms with Crippen molar-refractivity contribution >= 4 is 23.7 Å². The highest BCUT2D eigenvalue weighted by Gasteiger charge is 2.31. The summed E-state index contributed by atoms with van der Waals surface area (Å²) >= 11 is 0. The lowest BCUT2D eigenvalue weighted by Crippen LogP contribution is -2.57. The van der Waals surface area contributed by atoms with E-state index in [2.05, 4.69) is 16.0 Å². The molecule has 0 aromatic heterocycles. The average Bonchev–Trinajstić information content (AvgIpc) is 2.61. The molecular formula is C20H38N4O5. The first-order valence-corrected chi connectivity index (χ1v) is 10.2. The van der Waals surface area contributed by atoms with Crippen LogP contribution in [0.4, 0.5) is 0 Å². The zero-order valence-electron chi connectivity index (χ0n) is 18.5. The standard InChI is InChI=1S/C20H38N4O5/c1-7-13(6)17(20(29)22-10-16(25)26)24-19(28)15(9-12(4)5)23-18(27)14(21)8-11(2)3/h11-15,17H,7-10,21H2,1-6H3,(H,22,29)(H,23,27)(H,24,28)(H,25,26). The number of carbonyl (C=O) groups is 4. The maximum atomic E-state index is 12.9. The molecule has 4 atom stereocenters. The quantitative estimate of drug-likeness (QED) is 0.298. The summed E-state index contributed by atoms with van der Waals surface area (Å²) in [4.78, 5) is 48.4. The SMILES string of the molecule is CCC(C)C(NC(=O)C(CC(C)C)NC(=O)C(N)CC(C)C)C(=O)NCC(=O)O. The summed E-state index contributed by atoms with van der Waals surface area (Å²) in [5.74, 6) is -2.49. The Morgan fingerprint density at radius 3 is 1.86 bits per heavy atom. The van der Waals surface area contributed by atoms with Crippen LogP contribution in [0.5, 0.6) is 0 Å². The van der Waals surface area contributed by atoms with Crippen molar-refractivity contribution in [2.75, 3.05) is 6.54 Å². The van der Waals surface area contributed by atoms with E-state index in [1.165, 1.54) is 0 Å². The highest BCUT2D eigenvalue weighted by molar-refractivity contribution is 5.93. The zero-order chi connectivity index (χ0) is 22.7. The van der Waals surface area contributed by atoms with Crippen LogP contribution in [-0.4, -0.2) is 53.5 Å². The summed E-state index contributed by atoms with van der Waals surface area (Å²) in [6.45, 7) is 10.9. The second kappa shape index (κ2) is 13.1. The molecule has 3 amide bonds. The fourth-order valence-electron chi connectivity index (χ4n) is 2.83. The van der Waals surface area contributed by atoms with Gasteiger partial charge in [-0.3, -0.25) is 19.2 Å². The fraction of sp³-hybridized carbons (Fsp3) is 0.800. The van der Waals surface area contributed by atoms with Gasteiger partial charge in [0.05, 0.1) is 6.04 Å². The third-order valence-corrected chi connectivity index (χ3v) is 4.61. The third-order valence-electron chi connectivity index (χ3n) is 4.61. The first-order chi connectivity index (χ1) is 13.4. The van der Waals surface area contributed by atoms with Crippen LogP contribution in [0.3, 0.4) is 0 Å². The van der Waals surface area contributed by atoms with E-state index in [0.29, 0.717) is 19.3 Å². The van der Waals surface area contributed by atoms with E-state index < -0.39 is 48.4 Å². The van der Waals surface area contributed by atoms with Crippen LogP contribution in [0.2, 0.25) is 0 Å². The van der Waals surface area contributed by atoms with Gasteiger partial charge in [-0.15, -0.1) is 0 Å². The van der Waals surface area contributed by atoms with Gasteiger partial charge in [0.2, 0.25) is 17.7 Å². The van der Waals surface area contributed by atoms with Gasteiger partial charge in [0, 0.05) is 0 Å². The number of aliphatic carboxylic acids is 1. The molecule has 0 saturated carbocycles. The van der Waals surface area contributed by atoms with E-state index >= 15 is 0 Å². The molecule has 0 aliphatic heterocycles. The Kier molecular flexibility index (Phi) is 12.2. The normalized spacial score (nSPS) is 15.3. The first kappa shape index (κ1) is 26.8. The van der Waals surface area contributed by atoms with Crippen LogP contribution in [0.25, 0.3) is 0 Å². The molecule has 0 radical (unpaired) electrons. The van der Waals surface area contributed by atoms with E-state index in [4.69, 9.17) is 10.8 Å². The number of nitrogens with one attached hydrogen (secondary N) is 3. The summed E-state index contributed by atoms with van der Waals surface area (Å²) in [6, 6.07) is -2.45. The molecule has 9 heteroatoms. The molecule has 0 aromatic rings. The second-order valence-corrected chi connectivity index (χ2v) is 8.41. The van der Waals surface area contributed by atoms with Gasteiger partial charge in [-0.2, -0.15) is 0 Å². The Hall–Kier alpha value is -2.16. The minimum absolute atomic E-state index is 0.121. The van der Waals surface area contributed by atoms with E-state index in [-0.39, 0.29) is 17.8 Å². The number of hydrogen-bond donors (Lipinski definition) is 5. The van der Waals surface area contributed by atoms with Gasteiger partial charge < -0.3 is 26.8 Å². The molecule has 0 spiro atoms. The lowest BCUT2D eigenvalue weighted by Gasteiger charge is -2.27. The molecule has 4 unspecified atom stereocenters. The van der Waals surface area contributed by atoms with Crippen LogP contribution in [0, 0.1) is 17.8 Å². The van der Waals surface area contributed by atoms with E-state index in [9.17, 15) is 19.2 Å². The minimum atomic E-state index is -1.17. The van der Waals surface area contributed by atoms with E-state index in [0.717, 1.165) is 0 Å². The molecule has 0 aliphatic carbocycles. The van der Waals surface area contributed by atoms with Crippen molar-refractivity contribution in [3.8, 4) is 0 Å². The smallest absolute Gasteiger partial charge is 0.322 e. The number of carbonyl (C=O) groups excluding carboxylic acids is 3. The second-order valence-electron chi connectivity index (χ2n) is 8.41. The molecule has 0 aliphatic rings. The van der Waals surface area contributed by atoms with E-state index in [1.807, 2.05) is 34.6 Å². The van der Waals surface area contributed by atoms with Crippen molar-refractivity contribution < 1.29 is 24.3 Å². The van der Waals surface area contributed by atoms with Gasteiger partial charge in [0.1, 0.15) is 18.6 Å². The van der Waals surface area contributed by atoms with Crippen LogP contribution in [0.15, 0.2) is 0 Å². The highest BCUT2D eigenvalue weighted by atomic mass is 16.4. The molecule has 0 heterocycles. The lowest BCUT2D eigenvalue weighted by molar-refractivity contribution is -0.139. The van der Waals surface area contributed by atoms with Gasteiger partial charge in [-0.05, 0) is 30.6 Å². The van der Waals surface area contributed by atoms with Crippen molar-refractivity contribution in [1.29, 1.82) is 0 Å². The Bertz CT molecular complexity index is 565.